The first-order chi connectivity index (χ1) is 16.0. The van der Waals surface area contributed by atoms with Gasteiger partial charge < -0.3 is 19.1 Å². The Hall–Kier alpha value is -2.92. The monoisotopic (exact) mass is 492 g/mol. The number of aromatic nitrogens is 1. The molecule has 0 radical (unpaired) electrons. The number of methoxy groups -OCH3 is 1. The molecule has 1 atom stereocenters. The van der Waals surface area contributed by atoms with Crippen molar-refractivity contribution in [3.05, 3.63) is 41.3 Å². The number of rotatable bonds is 8. The van der Waals surface area contributed by atoms with E-state index in [4.69, 9.17) is 9.26 Å². The minimum atomic E-state index is -3.91. The van der Waals surface area contributed by atoms with Gasteiger partial charge in [-0.3, -0.25) is 9.59 Å². The summed E-state index contributed by atoms with van der Waals surface area (Å²) in [5, 5.41) is 3.88. The van der Waals surface area contributed by atoms with Crippen LogP contribution in [0.1, 0.15) is 30.9 Å². The number of benzene rings is 1. The molecule has 186 valence electrons. The molecule has 2 aromatic rings. The summed E-state index contributed by atoms with van der Waals surface area (Å²) in [6, 6.07) is 5.06. The van der Waals surface area contributed by atoms with Gasteiger partial charge in [-0.2, -0.15) is 4.72 Å². The fourth-order valence-electron chi connectivity index (χ4n) is 3.85. The van der Waals surface area contributed by atoms with Crippen molar-refractivity contribution in [2.45, 2.75) is 45.1 Å². The highest BCUT2D eigenvalue weighted by atomic mass is 32.2. The summed E-state index contributed by atoms with van der Waals surface area (Å²) in [6.07, 6.45) is 0.200. The molecule has 1 aromatic carbocycles. The second-order valence-corrected chi connectivity index (χ2v) is 10.4. The lowest BCUT2D eigenvalue weighted by Crippen LogP contribution is -2.57. The lowest BCUT2D eigenvalue weighted by Gasteiger charge is -2.37. The van der Waals surface area contributed by atoms with Gasteiger partial charge in [-0.1, -0.05) is 19.0 Å². The zero-order chi connectivity index (χ0) is 25.0. The molecule has 2 amide bonds. The standard InChI is InChI=1S/C23H32N4O6S/c1-15(2)22(25-34(30,31)19-8-6-18(32-5)7-9-19)23(29)27-12-10-26(11-13-27)21(28)14-20-16(3)24-33-17(20)4/h6-9,15,22,25H,10-14H2,1-5H3/t22-/m1/s1. The lowest BCUT2D eigenvalue weighted by atomic mass is 10.0. The van der Waals surface area contributed by atoms with Crippen LogP contribution in [0.4, 0.5) is 0 Å². The molecule has 1 fully saturated rings. The van der Waals surface area contributed by atoms with E-state index in [1.165, 1.54) is 19.2 Å². The van der Waals surface area contributed by atoms with Gasteiger partial charge in [-0.25, -0.2) is 8.42 Å². The molecule has 0 saturated carbocycles. The zero-order valence-electron chi connectivity index (χ0n) is 20.2. The van der Waals surface area contributed by atoms with Crippen LogP contribution in [0, 0.1) is 19.8 Å². The van der Waals surface area contributed by atoms with Crippen molar-refractivity contribution in [1.82, 2.24) is 19.7 Å². The molecule has 2 heterocycles. The fraction of sp³-hybridized carbons (Fsp3) is 0.522. The van der Waals surface area contributed by atoms with Gasteiger partial charge >= 0.3 is 0 Å². The van der Waals surface area contributed by atoms with E-state index in [9.17, 15) is 18.0 Å². The van der Waals surface area contributed by atoms with Crippen LogP contribution in [-0.2, 0) is 26.0 Å². The van der Waals surface area contributed by atoms with Crippen molar-refractivity contribution in [3.63, 3.8) is 0 Å². The number of carbonyl (C=O) groups is 2. The number of sulfonamides is 1. The van der Waals surface area contributed by atoms with Gasteiger partial charge in [-0.15, -0.1) is 0 Å². The summed E-state index contributed by atoms with van der Waals surface area (Å²) in [4.78, 5) is 29.3. The van der Waals surface area contributed by atoms with Crippen molar-refractivity contribution in [3.8, 4) is 5.75 Å². The lowest BCUT2D eigenvalue weighted by molar-refractivity contribution is -0.140. The third kappa shape index (κ3) is 5.76. The van der Waals surface area contributed by atoms with Crippen LogP contribution >= 0.6 is 0 Å². The van der Waals surface area contributed by atoms with E-state index < -0.39 is 16.1 Å². The Morgan fingerprint density at radius 2 is 1.68 bits per heavy atom. The van der Waals surface area contributed by atoms with Crippen molar-refractivity contribution in [2.75, 3.05) is 33.3 Å². The zero-order valence-corrected chi connectivity index (χ0v) is 21.0. The molecule has 1 aliphatic rings. The Labute approximate surface area is 200 Å². The van der Waals surface area contributed by atoms with Gasteiger partial charge in [0.25, 0.3) is 0 Å². The number of nitrogens with zero attached hydrogens (tertiary/aromatic N) is 3. The van der Waals surface area contributed by atoms with E-state index in [0.29, 0.717) is 43.4 Å². The quantitative estimate of drug-likeness (QED) is 0.593. The maximum Gasteiger partial charge on any atom is 0.241 e. The highest BCUT2D eigenvalue weighted by Gasteiger charge is 2.34. The van der Waals surface area contributed by atoms with Crippen LogP contribution in [0.15, 0.2) is 33.7 Å². The Kier molecular flexibility index (Phi) is 7.98. The highest BCUT2D eigenvalue weighted by molar-refractivity contribution is 7.89. The van der Waals surface area contributed by atoms with Crippen molar-refractivity contribution in [1.29, 1.82) is 0 Å². The summed E-state index contributed by atoms with van der Waals surface area (Å²) in [7, 11) is -2.41. The third-order valence-electron chi connectivity index (χ3n) is 6.04. The molecular weight excluding hydrogens is 460 g/mol. The molecule has 0 unspecified atom stereocenters. The first-order valence-corrected chi connectivity index (χ1v) is 12.7. The Bertz CT molecular complexity index is 1100. The second-order valence-electron chi connectivity index (χ2n) is 8.70. The second kappa shape index (κ2) is 10.6. The molecule has 0 bridgehead atoms. The number of hydrogen-bond donors (Lipinski definition) is 1. The molecular formula is C23H32N4O6S. The predicted octanol–water partition coefficient (Wildman–Crippen LogP) is 1.52. The number of nitrogens with one attached hydrogen (secondary N) is 1. The van der Waals surface area contributed by atoms with Crippen LogP contribution < -0.4 is 9.46 Å². The third-order valence-corrected chi connectivity index (χ3v) is 7.49. The van der Waals surface area contributed by atoms with Gasteiger partial charge in [0.15, 0.2) is 0 Å². The van der Waals surface area contributed by atoms with Crippen LogP contribution in [0.2, 0.25) is 0 Å². The van der Waals surface area contributed by atoms with Crippen molar-refractivity contribution >= 4 is 21.8 Å². The minimum absolute atomic E-state index is 0.0536. The highest BCUT2D eigenvalue weighted by Crippen LogP contribution is 2.19. The molecule has 34 heavy (non-hydrogen) atoms. The van der Waals surface area contributed by atoms with Gasteiger partial charge in [0.05, 0.1) is 24.1 Å². The molecule has 11 heteroatoms. The number of aryl methyl sites for hydroxylation is 2. The summed E-state index contributed by atoms with van der Waals surface area (Å²) in [5.41, 5.74) is 1.49. The van der Waals surface area contributed by atoms with Crippen molar-refractivity contribution in [2.24, 2.45) is 5.92 Å². The van der Waals surface area contributed by atoms with E-state index >= 15 is 0 Å². The van der Waals surface area contributed by atoms with E-state index in [1.807, 2.05) is 0 Å². The number of hydrogen-bond acceptors (Lipinski definition) is 7. The van der Waals surface area contributed by atoms with Gasteiger partial charge in [0.1, 0.15) is 17.6 Å². The van der Waals surface area contributed by atoms with Crippen molar-refractivity contribution < 1.29 is 27.3 Å². The summed E-state index contributed by atoms with van der Waals surface area (Å²) in [5.74, 6) is 0.549. The molecule has 1 saturated heterocycles. The van der Waals surface area contributed by atoms with Crippen LogP contribution in [0.5, 0.6) is 5.75 Å². The van der Waals surface area contributed by atoms with Gasteiger partial charge in [0.2, 0.25) is 21.8 Å². The molecule has 0 aliphatic carbocycles. The topological polar surface area (TPSA) is 122 Å². The Balaban J connectivity index is 1.62. The number of ether oxygens (including phenoxy) is 1. The Morgan fingerprint density at radius 1 is 1.09 bits per heavy atom. The number of carbonyl (C=O) groups excluding carboxylic acids is 2. The summed E-state index contributed by atoms with van der Waals surface area (Å²) in [6.45, 7) is 8.59. The Morgan fingerprint density at radius 3 is 2.18 bits per heavy atom. The fourth-order valence-corrected chi connectivity index (χ4v) is 5.19. The first kappa shape index (κ1) is 25.7. The van der Waals surface area contributed by atoms with Gasteiger partial charge in [0, 0.05) is 31.7 Å². The smallest absolute Gasteiger partial charge is 0.241 e. The van der Waals surface area contributed by atoms with E-state index in [1.54, 1.807) is 49.6 Å². The maximum absolute atomic E-state index is 13.2. The van der Waals surface area contributed by atoms with E-state index in [-0.39, 0.29) is 29.0 Å². The first-order valence-electron chi connectivity index (χ1n) is 11.2. The largest absolute Gasteiger partial charge is 0.497 e. The SMILES string of the molecule is COc1ccc(S(=O)(=O)N[C@@H](C(=O)N2CCN(C(=O)Cc3c(C)noc3C)CC2)C(C)C)cc1. The normalized spacial score (nSPS) is 15.5. The average molecular weight is 493 g/mol. The molecule has 1 aromatic heterocycles. The van der Waals surface area contributed by atoms with Crippen LogP contribution in [-0.4, -0.2) is 74.5 Å². The molecule has 1 N–H and O–H groups in total. The van der Waals surface area contributed by atoms with E-state index in [0.717, 1.165) is 5.56 Å². The van der Waals surface area contributed by atoms with Crippen LogP contribution in [0.25, 0.3) is 0 Å². The molecule has 10 nitrogen and oxygen atoms in total. The van der Waals surface area contributed by atoms with Gasteiger partial charge in [-0.05, 0) is 44.0 Å². The summed E-state index contributed by atoms with van der Waals surface area (Å²) < 4.78 is 38.5. The molecule has 1 aliphatic heterocycles. The number of amides is 2. The summed E-state index contributed by atoms with van der Waals surface area (Å²) >= 11 is 0. The molecule has 0 spiro atoms. The maximum atomic E-state index is 13.2. The van der Waals surface area contributed by atoms with Crippen LogP contribution in [0.3, 0.4) is 0 Å². The molecule has 3 rings (SSSR count). The predicted molar refractivity (Wildman–Crippen MR) is 125 cm³/mol. The average Bonchev–Trinajstić information content (AvgIpc) is 3.14. The number of piperazine rings is 1. The minimum Gasteiger partial charge on any atom is -0.497 e. The van der Waals surface area contributed by atoms with E-state index in [2.05, 4.69) is 9.88 Å².